The fraction of sp³-hybridized carbons (Fsp3) is 0.316. The van der Waals surface area contributed by atoms with Gasteiger partial charge in [-0.25, -0.2) is 0 Å². The van der Waals surface area contributed by atoms with Crippen molar-refractivity contribution in [3.63, 3.8) is 0 Å². The van der Waals surface area contributed by atoms with E-state index < -0.39 is 0 Å². The number of methoxy groups -OCH3 is 4. The number of ether oxygens (including phenoxy) is 4. The summed E-state index contributed by atoms with van der Waals surface area (Å²) in [5, 5.41) is 0. The molecule has 25 heavy (non-hydrogen) atoms. The van der Waals surface area contributed by atoms with Crippen LogP contribution in [-0.4, -0.2) is 34.2 Å². The molecule has 0 atom stereocenters. The molecule has 1 heterocycles. The minimum absolute atomic E-state index is 0.604. The van der Waals surface area contributed by atoms with E-state index in [0.29, 0.717) is 28.7 Å². The number of aliphatic imine (C=N–C) groups is 1. The normalized spacial score (nSPS) is 12.9. The SMILES string of the molecule is COc1cc(N)c(C2=Nc3cc(OC)c(OC)cc3CC2)cc1OC. The second kappa shape index (κ2) is 6.93. The second-order valence-electron chi connectivity index (χ2n) is 5.69. The van der Waals surface area contributed by atoms with Crippen LogP contribution < -0.4 is 24.7 Å². The molecule has 0 spiro atoms. The first-order valence-electron chi connectivity index (χ1n) is 7.95. The van der Waals surface area contributed by atoms with Crippen LogP contribution in [0.15, 0.2) is 29.3 Å². The highest BCUT2D eigenvalue weighted by Gasteiger charge is 2.20. The Bertz CT molecular complexity index is 831. The van der Waals surface area contributed by atoms with Crippen LogP contribution in [0.2, 0.25) is 0 Å². The lowest BCUT2D eigenvalue weighted by Gasteiger charge is -2.20. The van der Waals surface area contributed by atoms with Gasteiger partial charge in [-0.3, -0.25) is 4.99 Å². The van der Waals surface area contributed by atoms with Gasteiger partial charge in [-0.1, -0.05) is 0 Å². The number of benzene rings is 2. The summed E-state index contributed by atoms with van der Waals surface area (Å²) in [6, 6.07) is 7.51. The molecule has 0 aliphatic carbocycles. The number of nitrogen functional groups attached to an aromatic ring is 1. The summed E-state index contributed by atoms with van der Waals surface area (Å²) in [5.74, 6) is 2.61. The average molecular weight is 342 g/mol. The maximum atomic E-state index is 6.21. The molecule has 0 aromatic heterocycles. The van der Waals surface area contributed by atoms with E-state index in [1.165, 1.54) is 0 Å². The maximum absolute atomic E-state index is 6.21. The maximum Gasteiger partial charge on any atom is 0.162 e. The minimum Gasteiger partial charge on any atom is -0.493 e. The Balaban J connectivity index is 2.07. The van der Waals surface area contributed by atoms with E-state index in [0.717, 1.165) is 35.4 Å². The molecule has 6 nitrogen and oxygen atoms in total. The largest absolute Gasteiger partial charge is 0.493 e. The van der Waals surface area contributed by atoms with Gasteiger partial charge in [-0.2, -0.15) is 0 Å². The smallest absolute Gasteiger partial charge is 0.162 e. The summed E-state index contributed by atoms with van der Waals surface area (Å²) in [6.45, 7) is 0. The lowest BCUT2D eigenvalue weighted by molar-refractivity contribution is 0.354. The monoisotopic (exact) mass is 342 g/mol. The number of anilines is 1. The standard InChI is InChI=1S/C19H22N2O4/c1-22-16-7-11-5-6-14(21-15(11)10-19(16)25-4)12-8-17(23-2)18(24-3)9-13(12)20/h7-10H,5-6,20H2,1-4H3. The van der Waals surface area contributed by atoms with Gasteiger partial charge in [0.15, 0.2) is 23.0 Å². The summed E-state index contributed by atoms with van der Waals surface area (Å²) in [6.07, 6.45) is 1.63. The summed E-state index contributed by atoms with van der Waals surface area (Å²) < 4.78 is 21.4. The van der Waals surface area contributed by atoms with E-state index >= 15 is 0 Å². The van der Waals surface area contributed by atoms with Crippen LogP contribution in [0.3, 0.4) is 0 Å². The first kappa shape index (κ1) is 17.0. The summed E-state index contributed by atoms with van der Waals surface area (Å²) in [5.41, 5.74) is 10.6. The van der Waals surface area contributed by atoms with Crippen molar-refractivity contribution in [3.8, 4) is 23.0 Å². The zero-order valence-electron chi connectivity index (χ0n) is 14.9. The zero-order chi connectivity index (χ0) is 18.0. The van der Waals surface area contributed by atoms with E-state index in [2.05, 4.69) is 0 Å². The van der Waals surface area contributed by atoms with Crippen molar-refractivity contribution < 1.29 is 18.9 Å². The Morgan fingerprint density at radius 2 is 1.32 bits per heavy atom. The molecule has 0 radical (unpaired) electrons. The molecule has 0 fully saturated rings. The van der Waals surface area contributed by atoms with Crippen molar-refractivity contribution in [3.05, 3.63) is 35.4 Å². The number of nitrogens with zero attached hydrogens (tertiary/aromatic N) is 1. The van der Waals surface area contributed by atoms with Crippen molar-refractivity contribution in [1.82, 2.24) is 0 Å². The van der Waals surface area contributed by atoms with Crippen LogP contribution in [-0.2, 0) is 6.42 Å². The van der Waals surface area contributed by atoms with Crippen LogP contribution in [0.4, 0.5) is 11.4 Å². The van der Waals surface area contributed by atoms with Gasteiger partial charge in [0, 0.05) is 23.4 Å². The average Bonchev–Trinajstić information content (AvgIpc) is 2.65. The highest BCUT2D eigenvalue weighted by atomic mass is 16.5. The van der Waals surface area contributed by atoms with Crippen LogP contribution >= 0.6 is 0 Å². The zero-order valence-corrected chi connectivity index (χ0v) is 14.9. The van der Waals surface area contributed by atoms with Crippen LogP contribution in [0, 0.1) is 0 Å². The Kier molecular flexibility index (Phi) is 4.70. The Morgan fingerprint density at radius 3 is 1.96 bits per heavy atom. The number of aryl methyl sites for hydroxylation is 1. The van der Waals surface area contributed by atoms with Gasteiger partial charge in [-0.05, 0) is 30.5 Å². The van der Waals surface area contributed by atoms with Crippen molar-refractivity contribution >= 4 is 17.1 Å². The van der Waals surface area contributed by atoms with E-state index in [9.17, 15) is 0 Å². The molecule has 0 unspecified atom stereocenters. The molecule has 2 N–H and O–H groups in total. The van der Waals surface area contributed by atoms with Gasteiger partial charge >= 0.3 is 0 Å². The van der Waals surface area contributed by atoms with Crippen LogP contribution in [0.5, 0.6) is 23.0 Å². The minimum atomic E-state index is 0.604. The second-order valence-corrected chi connectivity index (χ2v) is 5.69. The third kappa shape index (κ3) is 3.07. The number of rotatable bonds is 5. The molecule has 0 bridgehead atoms. The number of hydrogen-bond donors (Lipinski definition) is 1. The lowest BCUT2D eigenvalue weighted by atomic mass is 9.95. The van der Waals surface area contributed by atoms with E-state index in [-0.39, 0.29) is 0 Å². The van der Waals surface area contributed by atoms with E-state index in [1.807, 2.05) is 18.2 Å². The first-order valence-corrected chi connectivity index (χ1v) is 7.95. The first-order chi connectivity index (χ1) is 12.1. The third-order valence-electron chi connectivity index (χ3n) is 4.34. The topological polar surface area (TPSA) is 75.3 Å². The molecule has 1 aliphatic heterocycles. The van der Waals surface area contributed by atoms with Crippen molar-refractivity contribution in [1.29, 1.82) is 0 Å². The quantitative estimate of drug-likeness (QED) is 0.843. The van der Waals surface area contributed by atoms with Gasteiger partial charge in [0.05, 0.1) is 39.8 Å². The fourth-order valence-corrected chi connectivity index (χ4v) is 3.01. The van der Waals surface area contributed by atoms with Crippen LogP contribution in [0.25, 0.3) is 0 Å². The molecule has 3 rings (SSSR count). The third-order valence-corrected chi connectivity index (χ3v) is 4.34. The molecule has 0 amide bonds. The number of fused-ring (bicyclic) bond motifs is 1. The molecule has 132 valence electrons. The molecule has 0 saturated carbocycles. The highest BCUT2D eigenvalue weighted by molar-refractivity contribution is 6.07. The lowest BCUT2D eigenvalue weighted by Crippen LogP contribution is -2.11. The Hall–Kier alpha value is -2.89. The number of nitrogens with two attached hydrogens (primary N) is 1. The Labute approximate surface area is 147 Å². The van der Waals surface area contributed by atoms with E-state index in [1.54, 1.807) is 34.5 Å². The van der Waals surface area contributed by atoms with Gasteiger partial charge < -0.3 is 24.7 Å². The molecule has 1 aliphatic rings. The summed E-state index contributed by atoms with van der Waals surface area (Å²) in [7, 11) is 6.44. The van der Waals surface area contributed by atoms with E-state index in [4.69, 9.17) is 29.7 Å². The Morgan fingerprint density at radius 1 is 0.760 bits per heavy atom. The van der Waals surface area contributed by atoms with Crippen molar-refractivity contribution in [2.75, 3.05) is 34.2 Å². The van der Waals surface area contributed by atoms with Gasteiger partial charge in [-0.15, -0.1) is 0 Å². The fourth-order valence-electron chi connectivity index (χ4n) is 3.01. The van der Waals surface area contributed by atoms with Gasteiger partial charge in [0.1, 0.15) is 0 Å². The molecule has 2 aromatic carbocycles. The van der Waals surface area contributed by atoms with Gasteiger partial charge in [0.25, 0.3) is 0 Å². The van der Waals surface area contributed by atoms with Crippen molar-refractivity contribution in [2.24, 2.45) is 4.99 Å². The van der Waals surface area contributed by atoms with Gasteiger partial charge in [0.2, 0.25) is 0 Å². The van der Waals surface area contributed by atoms with Crippen molar-refractivity contribution in [2.45, 2.75) is 12.8 Å². The van der Waals surface area contributed by atoms with Crippen LogP contribution in [0.1, 0.15) is 17.5 Å². The molecular formula is C19H22N2O4. The molecule has 0 saturated heterocycles. The predicted octanol–water partition coefficient (Wildman–Crippen LogP) is 3.37. The molecular weight excluding hydrogens is 320 g/mol. The number of hydrogen-bond acceptors (Lipinski definition) is 6. The predicted molar refractivity (Wildman–Crippen MR) is 98.0 cm³/mol. The molecule has 2 aromatic rings. The highest BCUT2D eigenvalue weighted by Crippen LogP contribution is 2.39. The summed E-state index contributed by atoms with van der Waals surface area (Å²) in [4.78, 5) is 4.80. The molecule has 6 heteroatoms. The summed E-state index contributed by atoms with van der Waals surface area (Å²) >= 11 is 0.